The topological polar surface area (TPSA) is 43.4 Å². The molecule has 0 saturated heterocycles. The van der Waals surface area contributed by atoms with Crippen molar-refractivity contribution in [3.8, 4) is 11.8 Å². The van der Waals surface area contributed by atoms with Gasteiger partial charge in [0.15, 0.2) is 0 Å². The van der Waals surface area contributed by atoms with E-state index < -0.39 is 5.97 Å². The molecule has 0 heterocycles. The van der Waals surface area contributed by atoms with Gasteiger partial charge in [0.1, 0.15) is 0 Å². The van der Waals surface area contributed by atoms with Crippen LogP contribution < -0.4 is 0 Å². The highest BCUT2D eigenvalue weighted by atomic mass is 16.5. The summed E-state index contributed by atoms with van der Waals surface area (Å²) in [7, 11) is 1.24. The molecule has 0 rings (SSSR count). The van der Waals surface area contributed by atoms with Crippen LogP contribution in [-0.4, -0.2) is 18.9 Å². The lowest BCUT2D eigenvalue weighted by molar-refractivity contribution is -0.134. The van der Waals surface area contributed by atoms with Gasteiger partial charge < -0.3 is 4.74 Å². The van der Waals surface area contributed by atoms with E-state index in [-0.39, 0.29) is 5.78 Å². The molecule has 0 aromatic carbocycles. The van der Waals surface area contributed by atoms with Crippen LogP contribution in [-0.2, 0) is 14.3 Å². The fourth-order valence-corrected chi connectivity index (χ4v) is 1.06. The smallest absolute Gasteiger partial charge is 0.384 e. The Morgan fingerprint density at radius 2 is 1.79 bits per heavy atom. The number of hydrogen-bond donors (Lipinski definition) is 0. The molecule has 0 aliphatic rings. The minimum Gasteiger partial charge on any atom is -0.459 e. The number of hydrogen-bond acceptors (Lipinski definition) is 3. The summed E-state index contributed by atoms with van der Waals surface area (Å²) >= 11 is 0. The van der Waals surface area contributed by atoms with Crippen LogP contribution in [0, 0.1) is 17.8 Å². The summed E-state index contributed by atoms with van der Waals surface area (Å²) in [6, 6.07) is 0. The monoisotopic (exact) mass is 196 g/mol. The molecule has 14 heavy (non-hydrogen) atoms. The van der Waals surface area contributed by atoms with Gasteiger partial charge in [0.05, 0.1) is 7.11 Å². The predicted molar refractivity (Wildman–Crippen MR) is 53.5 cm³/mol. The first-order valence-corrected chi connectivity index (χ1v) is 4.76. The Bertz CT molecular complexity index is 253. The first-order chi connectivity index (χ1) is 6.63. The lowest BCUT2D eigenvalue weighted by Gasteiger charge is -2.07. The highest BCUT2D eigenvalue weighted by molar-refractivity contribution is 6.01. The van der Waals surface area contributed by atoms with E-state index in [0.29, 0.717) is 12.3 Å². The standard InChI is InChI=1S/C11H16O3/c1-4-9(5-2)8-10(12)6-7-11(13)14-3/h9H,4-5,8H2,1-3H3. The molecule has 3 nitrogen and oxygen atoms in total. The zero-order valence-corrected chi connectivity index (χ0v) is 8.92. The van der Waals surface area contributed by atoms with Crippen molar-refractivity contribution in [3.05, 3.63) is 0 Å². The maximum atomic E-state index is 11.2. The molecule has 0 radical (unpaired) electrons. The number of esters is 1. The third kappa shape index (κ3) is 5.36. The van der Waals surface area contributed by atoms with Crippen LogP contribution in [0.25, 0.3) is 0 Å². The van der Waals surface area contributed by atoms with Crippen molar-refractivity contribution in [2.24, 2.45) is 5.92 Å². The fraction of sp³-hybridized carbons (Fsp3) is 0.636. The number of carbonyl (C=O) groups excluding carboxylic acids is 2. The molecular weight excluding hydrogens is 180 g/mol. The molecule has 0 aliphatic heterocycles. The number of methoxy groups -OCH3 is 1. The zero-order valence-electron chi connectivity index (χ0n) is 8.92. The molecule has 0 aromatic rings. The number of ketones is 1. The van der Waals surface area contributed by atoms with Crippen molar-refractivity contribution in [2.75, 3.05) is 7.11 Å². The van der Waals surface area contributed by atoms with Crippen LogP contribution in [0.2, 0.25) is 0 Å². The van der Waals surface area contributed by atoms with Crippen molar-refractivity contribution in [1.82, 2.24) is 0 Å². The van der Waals surface area contributed by atoms with Gasteiger partial charge in [0.2, 0.25) is 5.78 Å². The molecule has 0 unspecified atom stereocenters. The van der Waals surface area contributed by atoms with E-state index >= 15 is 0 Å². The van der Waals surface area contributed by atoms with E-state index in [2.05, 4.69) is 16.6 Å². The second kappa shape index (κ2) is 7.14. The highest BCUT2D eigenvalue weighted by Gasteiger charge is 2.07. The summed E-state index contributed by atoms with van der Waals surface area (Å²) in [4.78, 5) is 21.8. The average molecular weight is 196 g/mol. The van der Waals surface area contributed by atoms with E-state index in [1.807, 2.05) is 13.8 Å². The number of ether oxygens (including phenoxy) is 1. The van der Waals surface area contributed by atoms with Gasteiger partial charge in [0, 0.05) is 12.3 Å². The number of Topliss-reactive ketones (excluding diaryl/α,β-unsaturated/α-hetero) is 1. The second-order valence-corrected chi connectivity index (χ2v) is 3.05. The van der Waals surface area contributed by atoms with E-state index in [4.69, 9.17) is 0 Å². The highest BCUT2D eigenvalue weighted by Crippen LogP contribution is 2.12. The Morgan fingerprint density at radius 3 is 2.21 bits per heavy atom. The molecule has 0 bridgehead atoms. The van der Waals surface area contributed by atoms with E-state index in [9.17, 15) is 9.59 Å². The maximum absolute atomic E-state index is 11.2. The second-order valence-electron chi connectivity index (χ2n) is 3.05. The Balaban J connectivity index is 4.07. The van der Waals surface area contributed by atoms with Crippen LogP contribution >= 0.6 is 0 Å². The largest absolute Gasteiger partial charge is 0.459 e. The summed E-state index contributed by atoms with van der Waals surface area (Å²) in [5.41, 5.74) is 0. The number of rotatable bonds is 4. The van der Waals surface area contributed by atoms with Crippen LogP contribution in [0.1, 0.15) is 33.1 Å². The number of carbonyl (C=O) groups is 2. The van der Waals surface area contributed by atoms with Gasteiger partial charge >= 0.3 is 5.97 Å². The SMILES string of the molecule is CCC(CC)CC(=O)C#CC(=O)OC. The van der Waals surface area contributed by atoms with Crippen molar-refractivity contribution in [1.29, 1.82) is 0 Å². The molecule has 0 saturated carbocycles. The first kappa shape index (κ1) is 12.7. The lowest BCUT2D eigenvalue weighted by Crippen LogP contribution is -2.05. The fourth-order valence-electron chi connectivity index (χ4n) is 1.06. The van der Waals surface area contributed by atoms with Crippen molar-refractivity contribution in [3.63, 3.8) is 0 Å². The molecule has 0 aliphatic carbocycles. The van der Waals surface area contributed by atoms with Crippen molar-refractivity contribution in [2.45, 2.75) is 33.1 Å². The maximum Gasteiger partial charge on any atom is 0.384 e. The van der Waals surface area contributed by atoms with Gasteiger partial charge in [-0.2, -0.15) is 0 Å². The van der Waals surface area contributed by atoms with Gasteiger partial charge in [-0.15, -0.1) is 0 Å². The summed E-state index contributed by atoms with van der Waals surface area (Å²) in [6.07, 6.45) is 2.35. The lowest BCUT2D eigenvalue weighted by atomic mass is 9.97. The normalized spacial score (nSPS) is 9.14. The van der Waals surface area contributed by atoms with Crippen LogP contribution in [0.15, 0.2) is 0 Å². The molecule has 0 aromatic heterocycles. The van der Waals surface area contributed by atoms with Crippen LogP contribution in [0.5, 0.6) is 0 Å². The third-order valence-corrected chi connectivity index (χ3v) is 2.12. The minimum atomic E-state index is -0.664. The zero-order chi connectivity index (χ0) is 11.0. The van der Waals surface area contributed by atoms with Gasteiger partial charge in [-0.3, -0.25) is 4.79 Å². The van der Waals surface area contributed by atoms with Gasteiger partial charge in [-0.05, 0) is 11.8 Å². The average Bonchev–Trinajstić information content (AvgIpc) is 2.22. The van der Waals surface area contributed by atoms with Crippen molar-refractivity contribution < 1.29 is 14.3 Å². The summed E-state index contributed by atoms with van der Waals surface area (Å²) in [5, 5.41) is 0. The molecular formula is C11H16O3. The Morgan fingerprint density at radius 1 is 1.21 bits per heavy atom. The third-order valence-electron chi connectivity index (χ3n) is 2.12. The van der Waals surface area contributed by atoms with Gasteiger partial charge in [0.25, 0.3) is 0 Å². The minimum absolute atomic E-state index is 0.191. The van der Waals surface area contributed by atoms with E-state index in [1.165, 1.54) is 7.11 Å². The molecule has 3 heteroatoms. The summed E-state index contributed by atoms with van der Waals surface area (Å²) in [6.45, 7) is 4.07. The summed E-state index contributed by atoms with van der Waals surface area (Å²) in [5.74, 6) is 3.91. The molecule has 0 spiro atoms. The first-order valence-electron chi connectivity index (χ1n) is 4.76. The Hall–Kier alpha value is -1.30. The van der Waals surface area contributed by atoms with Gasteiger partial charge in [-0.1, -0.05) is 26.7 Å². The van der Waals surface area contributed by atoms with Crippen LogP contribution in [0.4, 0.5) is 0 Å². The van der Waals surface area contributed by atoms with Crippen LogP contribution in [0.3, 0.4) is 0 Å². The van der Waals surface area contributed by atoms with E-state index in [1.54, 1.807) is 0 Å². The molecule has 0 fully saturated rings. The predicted octanol–water partition coefficient (Wildman–Crippen LogP) is 1.56. The van der Waals surface area contributed by atoms with E-state index in [0.717, 1.165) is 12.8 Å². The molecule has 78 valence electrons. The molecule has 0 atom stereocenters. The quantitative estimate of drug-likeness (QED) is 0.296. The molecule has 0 amide bonds. The Labute approximate surface area is 84.8 Å². The summed E-state index contributed by atoms with van der Waals surface area (Å²) < 4.78 is 4.29. The van der Waals surface area contributed by atoms with Gasteiger partial charge in [-0.25, -0.2) is 4.79 Å². The molecule has 0 N–H and O–H groups in total. The Kier molecular flexibility index (Phi) is 6.47. The van der Waals surface area contributed by atoms with Crippen molar-refractivity contribution >= 4 is 11.8 Å².